The molecule has 3 unspecified atom stereocenters. The van der Waals surface area contributed by atoms with Crippen molar-refractivity contribution in [2.24, 2.45) is 5.92 Å². The molecular weight excluding hydrogens is 267 g/mol. The first-order valence-corrected chi connectivity index (χ1v) is 7.93. The van der Waals surface area contributed by atoms with Crippen molar-refractivity contribution < 1.29 is 9.18 Å². The summed E-state index contributed by atoms with van der Waals surface area (Å²) in [4.78, 5) is 14.5. The number of carbonyl (C=O) groups is 1. The molecule has 0 bridgehead atoms. The van der Waals surface area contributed by atoms with Crippen LogP contribution in [0.15, 0.2) is 24.3 Å². The van der Waals surface area contributed by atoms with Gasteiger partial charge in [-0.05, 0) is 43.4 Å². The van der Waals surface area contributed by atoms with E-state index < -0.39 is 0 Å². The van der Waals surface area contributed by atoms with Gasteiger partial charge in [0.15, 0.2) is 0 Å². The van der Waals surface area contributed by atoms with E-state index in [4.69, 9.17) is 0 Å². The van der Waals surface area contributed by atoms with Crippen molar-refractivity contribution in [3.8, 4) is 0 Å². The molecule has 0 aromatic heterocycles. The van der Waals surface area contributed by atoms with E-state index in [1.54, 1.807) is 12.1 Å². The largest absolute Gasteiger partial charge is 0.319 e. The average molecular weight is 290 g/mol. The monoisotopic (exact) mass is 290 g/mol. The number of nitrogens with one attached hydrogen (secondary N) is 1. The van der Waals surface area contributed by atoms with Crippen molar-refractivity contribution in [2.75, 3.05) is 0 Å². The summed E-state index contributed by atoms with van der Waals surface area (Å²) in [6.45, 7) is 4.05. The topological polar surface area (TPSA) is 32.3 Å². The zero-order valence-corrected chi connectivity index (χ0v) is 12.7. The van der Waals surface area contributed by atoms with Gasteiger partial charge in [-0.2, -0.15) is 0 Å². The minimum absolute atomic E-state index is 0.128. The van der Waals surface area contributed by atoms with Crippen LogP contribution in [0.1, 0.15) is 51.3 Å². The fraction of sp³-hybridized carbons (Fsp3) is 0.588. The summed E-state index contributed by atoms with van der Waals surface area (Å²) in [5.74, 6) is 0.706. The van der Waals surface area contributed by atoms with E-state index in [0.717, 1.165) is 24.3 Å². The van der Waals surface area contributed by atoms with Gasteiger partial charge in [0.1, 0.15) is 12.0 Å². The second kappa shape index (κ2) is 5.76. The Kier molecular flexibility index (Phi) is 3.98. The molecule has 1 aromatic rings. The maximum atomic E-state index is 13.1. The molecule has 3 atom stereocenters. The van der Waals surface area contributed by atoms with Crippen molar-refractivity contribution in [3.05, 3.63) is 35.6 Å². The van der Waals surface area contributed by atoms with Gasteiger partial charge in [-0.1, -0.05) is 31.9 Å². The smallest absolute Gasteiger partial charge is 0.241 e. The molecule has 4 heteroatoms. The number of nitrogens with zero attached hydrogens (tertiary/aromatic N) is 1. The van der Waals surface area contributed by atoms with Crippen molar-refractivity contribution in [2.45, 2.75) is 57.8 Å². The highest BCUT2D eigenvalue weighted by Crippen LogP contribution is 2.38. The molecule has 1 aliphatic carbocycles. The first kappa shape index (κ1) is 14.5. The molecule has 0 radical (unpaired) electrons. The van der Waals surface area contributed by atoms with Gasteiger partial charge in [-0.3, -0.25) is 10.1 Å². The van der Waals surface area contributed by atoms with Gasteiger partial charge in [-0.15, -0.1) is 0 Å². The SMILES string of the molecule is CCC(CC1CC1)N1C(=O)C(C)NC1c1ccc(F)cc1. The Morgan fingerprint density at radius 1 is 1.33 bits per heavy atom. The van der Waals surface area contributed by atoms with Crippen molar-refractivity contribution in [1.82, 2.24) is 10.2 Å². The normalized spacial score (nSPS) is 27.2. The van der Waals surface area contributed by atoms with Gasteiger partial charge < -0.3 is 4.90 Å². The Labute approximate surface area is 125 Å². The Morgan fingerprint density at radius 3 is 2.57 bits per heavy atom. The standard InChI is InChI=1S/C17H23FN2O/c1-3-15(10-12-4-5-12)20-16(19-11(2)17(20)21)13-6-8-14(18)9-7-13/h6-9,11-12,15-16,19H,3-5,10H2,1-2H3. The molecule has 1 amide bonds. The molecule has 0 spiro atoms. The van der Waals surface area contributed by atoms with Crippen LogP contribution in [0.4, 0.5) is 4.39 Å². The second-order valence-corrected chi connectivity index (χ2v) is 6.33. The van der Waals surface area contributed by atoms with Gasteiger partial charge in [0.25, 0.3) is 0 Å². The third-order valence-electron chi connectivity index (χ3n) is 4.66. The third-order valence-corrected chi connectivity index (χ3v) is 4.66. The molecule has 2 aliphatic rings. The molecule has 1 aromatic carbocycles. The maximum absolute atomic E-state index is 13.1. The lowest BCUT2D eigenvalue weighted by Gasteiger charge is -2.32. The molecule has 1 saturated carbocycles. The average Bonchev–Trinajstić information content (AvgIpc) is 3.25. The van der Waals surface area contributed by atoms with Gasteiger partial charge in [0, 0.05) is 6.04 Å². The summed E-state index contributed by atoms with van der Waals surface area (Å²) in [6.07, 6.45) is 4.52. The van der Waals surface area contributed by atoms with E-state index in [0.29, 0.717) is 0 Å². The van der Waals surface area contributed by atoms with Crippen LogP contribution in [0.2, 0.25) is 0 Å². The fourth-order valence-electron chi connectivity index (χ4n) is 3.25. The molecule has 3 rings (SSSR count). The highest BCUT2D eigenvalue weighted by Gasteiger charge is 2.42. The van der Waals surface area contributed by atoms with Crippen LogP contribution in [0.25, 0.3) is 0 Å². The summed E-state index contributed by atoms with van der Waals surface area (Å²) in [5, 5.41) is 3.35. The van der Waals surface area contributed by atoms with Crippen LogP contribution in [0, 0.1) is 11.7 Å². The predicted octanol–water partition coefficient (Wildman–Crippen LogP) is 3.22. The first-order valence-electron chi connectivity index (χ1n) is 7.93. The maximum Gasteiger partial charge on any atom is 0.241 e. The number of halogens is 1. The van der Waals surface area contributed by atoms with E-state index in [1.165, 1.54) is 25.0 Å². The molecular formula is C17H23FN2O. The van der Waals surface area contributed by atoms with Crippen LogP contribution < -0.4 is 5.32 Å². The molecule has 1 aliphatic heterocycles. The van der Waals surface area contributed by atoms with E-state index >= 15 is 0 Å². The lowest BCUT2D eigenvalue weighted by Crippen LogP contribution is -2.40. The number of hydrogen-bond donors (Lipinski definition) is 1. The number of rotatable bonds is 5. The Hall–Kier alpha value is -1.42. The minimum Gasteiger partial charge on any atom is -0.319 e. The van der Waals surface area contributed by atoms with E-state index in [9.17, 15) is 9.18 Å². The van der Waals surface area contributed by atoms with E-state index in [2.05, 4.69) is 12.2 Å². The molecule has 1 heterocycles. The molecule has 2 fully saturated rings. The molecule has 3 nitrogen and oxygen atoms in total. The summed E-state index contributed by atoms with van der Waals surface area (Å²) in [7, 11) is 0. The van der Waals surface area contributed by atoms with Gasteiger partial charge in [0.2, 0.25) is 5.91 Å². The summed E-state index contributed by atoms with van der Waals surface area (Å²) in [5.41, 5.74) is 0.961. The van der Waals surface area contributed by atoms with Crippen molar-refractivity contribution in [1.29, 1.82) is 0 Å². The predicted molar refractivity (Wildman–Crippen MR) is 80.0 cm³/mol. The second-order valence-electron chi connectivity index (χ2n) is 6.33. The Balaban J connectivity index is 1.85. The van der Waals surface area contributed by atoms with Crippen LogP contribution in [-0.2, 0) is 4.79 Å². The summed E-state index contributed by atoms with van der Waals surface area (Å²) >= 11 is 0. The van der Waals surface area contributed by atoms with Gasteiger partial charge in [0.05, 0.1) is 6.04 Å². The lowest BCUT2D eigenvalue weighted by atomic mass is 10.0. The fourth-order valence-corrected chi connectivity index (χ4v) is 3.25. The van der Waals surface area contributed by atoms with E-state index in [1.807, 2.05) is 11.8 Å². The van der Waals surface area contributed by atoms with Crippen LogP contribution >= 0.6 is 0 Å². The zero-order valence-electron chi connectivity index (χ0n) is 12.7. The number of benzene rings is 1. The van der Waals surface area contributed by atoms with E-state index in [-0.39, 0.29) is 30.0 Å². The van der Waals surface area contributed by atoms with Crippen molar-refractivity contribution in [3.63, 3.8) is 0 Å². The molecule has 21 heavy (non-hydrogen) atoms. The quantitative estimate of drug-likeness (QED) is 0.903. The van der Waals surface area contributed by atoms with Crippen LogP contribution in [0.5, 0.6) is 0 Å². The summed E-state index contributed by atoms with van der Waals surface area (Å²) < 4.78 is 13.1. The molecule has 1 saturated heterocycles. The molecule has 1 N–H and O–H groups in total. The highest BCUT2D eigenvalue weighted by atomic mass is 19.1. The minimum atomic E-state index is -0.243. The van der Waals surface area contributed by atoms with Crippen LogP contribution in [0.3, 0.4) is 0 Å². The highest BCUT2D eigenvalue weighted by molar-refractivity contribution is 5.84. The Bertz CT molecular complexity index is 512. The number of amides is 1. The lowest BCUT2D eigenvalue weighted by molar-refractivity contribution is -0.132. The zero-order chi connectivity index (χ0) is 15.0. The van der Waals surface area contributed by atoms with Gasteiger partial charge in [-0.25, -0.2) is 4.39 Å². The third kappa shape index (κ3) is 2.95. The Morgan fingerprint density at radius 2 is 2.00 bits per heavy atom. The van der Waals surface area contributed by atoms with Crippen molar-refractivity contribution >= 4 is 5.91 Å². The molecule has 114 valence electrons. The summed E-state index contributed by atoms with van der Waals surface area (Å²) in [6, 6.07) is 6.57. The number of hydrogen-bond acceptors (Lipinski definition) is 2. The van der Waals surface area contributed by atoms with Gasteiger partial charge >= 0.3 is 0 Å². The first-order chi connectivity index (χ1) is 10.1. The van der Waals surface area contributed by atoms with Crippen LogP contribution in [-0.4, -0.2) is 22.9 Å². The number of carbonyl (C=O) groups excluding carboxylic acids is 1.